The summed E-state index contributed by atoms with van der Waals surface area (Å²) >= 11 is 0. The molecule has 8 heteroatoms. The number of carbonyl (C=O) groups is 1. The Kier molecular flexibility index (Phi) is 3.74. The molecule has 1 saturated carbocycles. The highest BCUT2D eigenvalue weighted by Gasteiger charge is 2.55. The molecule has 23 heavy (non-hydrogen) atoms. The lowest BCUT2D eigenvalue weighted by atomic mass is 9.90. The average Bonchev–Trinajstić information content (AvgIpc) is 3.23. The van der Waals surface area contributed by atoms with Crippen LogP contribution in [0.3, 0.4) is 0 Å². The Labute approximate surface area is 130 Å². The Hall–Kier alpha value is -1.83. The summed E-state index contributed by atoms with van der Waals surface area (Å²) in [5.74, 6) is -0.530. The van der Waals surface area contributed by atoms with Crippen molar-refractivity contribution >= 4 is 5.97 Å². The summed E-state index contributed by atoms with van der Waals surface area (Å²) in [6.07, 6.45) is -2.85. The summed E-state index contributed by atoms with van der Waals surface area (Å²) in [5, 5.41) is 0. The Morgan fingerprint density at radius 2 is 2.04 bits per heavy atom. The molecule has 5 nitrogen and oxygen atoms in total. The maximum absolute atomic E-state index is 12.5. The van der Waals surface area contributed by atoms with E-state index >= 15 is 0 Å². The van der Waals surface area contributed by atoms with E-state index in [0.717, 1.165) is 12.1 Å². The normalized spacial score (nSPS) is 21.2. The number of rotatable bonds is 5. The quantitative estimate of drug-likeness (QED) is 0.776. The fraction of sp³-hybridized carbons (Fsp3) is 0.600. The van der Waals surface area contributed by atoms with Crippen molar-refractivity contribution in [2.24, 2.45) is 5.41 Å². The van der Waals surface area contributed by atoms with Crippen LogP contribution in [0.4, 0.5) is 13.2 Å². The molecule has 0 atom stereocenters. The molecule has 126 valence electrons. The van der Waals surface area contributed by atoms with E-state index in [2.05, 4.69) is 4.98 Å². The van der Waals surface area contributed by atoms with Gasteiger partial charge < -0.3 is 14.2 Å². The number of hydrogen-bond donors (Lipinski definition) is 0. The summed E-state index contributed by atoms with van der Waals surface area (Å²) in [4.78, 5) is 15.8. The predicted molar refractivity (Wildman–Crippen MR) is 71.7 cm³/mol. The lowest BCUT2D eigenvalue weighted by Crippen LogP contribution is -2.45. The summed E-state index contributed by atoms with van der Waals surface area (Å²) < 4.78 is 53.3. The average molecular weight is 331 g/mol. The van der Waals surface area contributed by atoms with E-state index in [1.807, 2.05) is 6.92 Å². The van der Waals surface area contributed by atoms with Gasteiger partial charge in [0.25, 0.3) is 0 Å². The van der Waals surface area contributed by atoms with Gasteiger partial charge in [-0.1, -0.05) is 6.92 Å². The Bertz CT molecular complexity index is 592. The van der Waals surface area contributed by atoms with Gasteiger partial charge >= 0.3 is 12.1 Å². The zero-order valence-electron chi connectivity index (χ0n) is 12.5. The van der Waals surface area contributed by atoms with Gasteiger partial charge in [0.05, 0.1) is 18.8 Å². The molecule has 1 aliphatic heterocycles. The van der Waals surface area contributed by atoms with Crippen molar-refractivity contribution in [3.8, 4) is 5.88 Å². The third-order valence-corrected chi connectivity index (χ3v) is 3.89. The van der Waals surface area contributed by atoms with Gasteiger partial charge in [0.1, 0.15) is 6.61 Å². The predicted octanol–water partition coefficient (Wildman–Crippen LogP) is 2.59. The first-order chi connectivity index (χ1) is 10.7. The first-order valence-electron chi connectivity index (χ1n) is 7.20. The number of carbonyl (C=O) groups excluding carboxylic acids is 1. The zero-order chi connectivity index (χ0) is 16.7. The minimum atomic E-state index is -4.46. The molecule has 3 rings (SSSR count). The van der Waals surface area contributed by atoms with Gasteiger partial charge in [0, 0.05) is 30.5 Å². The van der Waals surface area contributed by atoms with Crippen LogP contribution in [0.5, 0.6) is 5.88 Å². The van der Waals surface area contributed by atoms with Crippen molar-refractivity contribution in [1.82, 2.24) is 4.98 Å². The van der Waals surface area contributed by atoms with Gasteiger partial charge in [-0.2, -0.15) is 13.2 Å². The molecule has 0 bridgehead atoms. The second-order valence-corrected chi connectivity index (χ2v) is 6.36. The molecule has 0 unspecified atom stereocenters. The largest absolute Gasteiger partial charge is 0.462 e. The second-order valence-electron chi connectivity index (χ2n) is 6.36. The van der Waals surface area contributed by atoms with Gasteiger partial charge in [0.2, 0.25) is 11.5 Å². The second kappa shape index (κ2) is 5.36. The topological polar surface area (TPSA) is 57.7 Å². The zero-order valence-corrected chi connectivity index (χ0v) is 12.5. The van der Waals surface area contributed by atoms with Gasteiger partial charge in [-0.15, -0.1) is 0 Å². The molecular formula is C15H16F3NO4. The maximum Gasteiger partial charge on any atom is 0.417 e. The third kappa shape index (κ3) is 3.41. The van der Waals surface area contributed by atoms with Gasteiger partial charge in [-0.3, -0.25) is 0 Å². The molecule has 2 heterocycles. The number of pyridine rings is 1. The van der Waals surface area contributed by atoms with Crippen LogP contribution in [0.25, 0.3) is 0 Å². The molecule has 2 fully saturated rings. The van der Waals surface area contributed by atoms with E-state index in [0.29, 0.717) is 32.3 Å². The number of aromatic nitrogens is 1. The molecular weight excluding hydrogens is 315 g/mol. The minimum absolute atomic E-state index is 0.0226. The molecule has 0 aromatic carbocycles. The number of ether oxygens (including phenoxy) is 3. The van der Waals surface area contributed by atoms with Gasteiger partial charge in [0.15, 0.2) is 0 Å². The number of nitrogens with zero attached hydrogens (tertiary/aromatic N) is 1. The smallest absolute Gasteiger partial charge is 0.417 e. The summed E-state index contributed by atoms with van der Waals surface area (Å²) in [7, 11) is 0. The van der Waals surface area contributed by atoms with Crippen molar-refractivity contribution in [3.63, 3.8) is 0 Å². The molecule has 2 aliphatic rings. The molecule has 0 amide bonds. The van der Waals surface area contributed by atoms with E-state index in [1.54, 1.807) is 0 Å². The van der Waals surface area contributed by atoms with Crippen molar-refractivity contribution in [2.75, 3.05) is 19.8 Å². The molecule has 0 radical (unpaired) electrons. The standard InChI is InChI=1S/C15H16F3NO4/c1-13(7-21-8-13)9-22-12(20)14(4-5-14)23-11-3-2-10(6-19-11)15(16,17)18/h2-3,6H,4-5,7-9H2,1H3. The lowest BCUT2D eigenvalue weighted by molar-refractivity contribution is -0.173. The minimum Gasteiger partial charge on any atom is -0.462 e. The first kappa shape index (κ1) is 16.0. The fourth-order valence-electron chi connectivity index (χ4n) is 2.18. The van der Waals surface area contributed by atoms with Crippen LogP contribution in [-0.4, -0.2) is 36.4 Å². The highest BCUT2D eigenvalue weighted by Crippen LogP contribution is 2.42. The van der Waals surface area contributed by atoms with E-state index < -0.39 is 23.3 Å². The van der Waals surface area contributed by atoms with Crippen LogP contribution in [0.2, 0.25) is 0 Å². The maximum atomic E-state index is 12.5. The van der Waals surface area contributed by atoms with Crippen molar-refractivity contribution in [2.45, 2.75) is 31.5 Å². The van der Waals surface area contributed by atoms with Crippen LogP contribution >= 0.6 is 0 Å². The molecule has 1 aromatic heterocycles. The van der Waals surface area contributed by atoms with Crippen LogP contribution in [0.1, 0.15) is 25.3 Å². The van der Waals surface area contributed by atoms with E-state index in [4.69, 9.17) is 14.2 Å². The van der Waals surface area contributed by atoms with Crippen molar-refractivity contribution < 1.29 is 32.2 Å². The highest BCUT2D eigenvalue weighted by molar-refractivity contribution is 5.83. The van der Waals surface area contributed by atoms with Crippen molar-refractivity contribution in [1.29, 1.82) is 0 Å². The SMILES string of the molecule is CC1(COC(=O)C2(Oc3ccc(C(F)(F)F)cn3)CC2)COC1. The lowest BCUT2D eigenvalue weighted by Gasteiger charge is -2.37. The van der Waals surface area contributed by atoms with E-state index in [9.17, 15) is 18.0 Å². The van der Waals surface area contributed by atoms with Crippen LogP contribution in [0, 0.1) is 5.41 Å². The fourth-order valence-corrected chi connectivity index (χ4v) is 2.18. The molecule has 1 saturated heterocycles. The molecule has 0 spiro atoms. The Balaban J connectivity index is 1.59. The highest BCUT2D eigenvalue weighted by atomic mass is 19.4. The number of esters is 1. The molecule has 1 aliphatic carbocycles. The summed E-state index contributed by atoms with van der Waals surface area (Å²) in [6.45, 7) is 3.25. The van der Waals surface area contributed by atoms with Crippen LogP contribution in [-0.2, 0) is 20.4 Å². The number of halogens is 3. The summed E-state index contributed by atoms with van der Waals surface area (Å²) in [5.41, 5.74) is -2.15. The Morgan fingerprint density at radius 1 is 1.35 bits per heavy atom. The van der Waals surface area contributed by atoms with Crippen LogP contribution in [0.15, 0.2) is 18.3 Å². The number of hydrogen-bond acceptors (Lipinski definition) is 5. The Morgan fingerprint density at radius 3 is 2.48 bits per heavy atom. The van der Waals surface area contributed by atoms with E-state index in [1.165, 1.54) is 0 Å². The molecule has 1 aromatic rings. The number of alkyl halides is 3. The van der Waals surface area contributed by atoms with Crippen LogP contribution < -0.4 is 4.74 Å². The van der Waals surface area contributed by atoms with Gasteiger partial charge in [-0.05, 0) is 6.07 Å². The third-order valence-electron chi connectivity index (χ3n) is 3.89. The van der Waals surface area contributed by atoms with E-state index in [-0.39, 0.29) is 17.9 Å². The van der Waals surface area contributed by atoms with Gasteiger partial charge in [-0.25, -0.2) is 9.78 Å². The first-order valence-corrected chi connectivity index (χ1v) is 7.20. The van der Waals surface area contributed by atoms with Crippen molar-refractivity contribution in [3.05, 3.63) is 23.9 Å². The molecule has 0 N–H and O–H groups in total. The summed E-state index contributed by atoms with van der Waals surface area (Å²) in [6, 6.07) is 1.98. The monoisotopic (exact) mass is 331 g/mol.